The number of carboxylic acids is 1. The van der Waals surface area contributed by atoms with Gasteiger partial charge in [0.25, 0.3) is 5.92 Å². The summed E-state index contributed by atoms with van der Waals surface area (Å²) in [5.74, 6) is -7.28. The zero-order valence-electron chi connectivity index (χ0n) is 15.2. The van der Waals surface area contributed by atoms with Crippen molar-refractivity contribution in [3.05, 3.63) is 52.5 Å². The summed E-state index contributed by atoms with van der Waals surface area (Å²) < 4.78 is 42.7. The van der Waals surface area contributed by atoms with Crippen LogP contribution < -0.4 is 4.90 Å². The number of anilines is 1. The minimum atomic E-state index is -3.34. The Labute approximate surface area is 179 Å². The molecule has 0 radical (unpaired) electrons. The smallest absolute Gasteiger partial charge is 0.314 e. The number of rotatable bonds is 3. The number of halogens is 5. The van der Waals surface area contributed by atoms with Crippen LogP contribution in [0.15, 0.2) is 36.7 Å². The summed E-state index contributed by atoms with van der Waals surface area (Å²) in [6, 6.07) is 7.61. The average Bonchev–Trinajstić information content (AvgIpc) is 2.70. The topological polar surface area (TPSA) is 66.3 Å². The lowest BCUT2D eigenvalue weighted by Crippen LogP contribution is -2.50. The Morgan fingerprint density at radius 3 is 2.63 bits per heavy atom. The van der Waals surface area contributed by atoms with E-state index in [0.717, 1.165) is 6.33 Å². The van der Waals surface area contributed by atoms with Crippen molar-refractivity contribution in [2.24, 2.45) is 5.92 Å². The van der Waals surface area contributed by atoms with Crippen LogP contribution in [-0.4, -0.2) is 40.1 Å². The lowest BCUT2D eigenvalue weighted by Gasteiger charge is -2.37. The number of aliphatic carboxylic acids is 1. The average molecular weight is 456 g/mol. The standard InChI is InChI=1S/C20H14Cl2F3N3O2/c21-13-3-1-10(7-14(13)22)11-2-4-15(23)17-16(11)18(27-9-26-17)28-6-5-20(24,25)12(8-28)19(29)30/h1-4,7,9,12H,5-6,8H2,(H,29,30). The number of nitrogens with zero attached hydrogens (tertiary/aromatic N) is 3. The molecule has 1 saturated heterocycles. The molecule has 30 heavy (non-hydrogen) atoms. The van der Waals surface area contributed by atoms with Crippen molar-refractivity contribution in [1.29, 1.82) is 0 Å². The first kappa shape index (κ1) is 20.7. The molecule has 1 aliphatic rings. The van der Waals surface area contributed by atoms with Gasteiger partial charge in [-0.15, -0.1) is 0 Å². The van der Waals surface area contributed by atoms with Crippen LogP contribution in [0.1, 0.15) is 6.42 Å². The third-order valence-corrected chi connectivity index (χ3v) is 5.91. The van der Waals surface area contributed by atoms with E-state index in [0.29, 0.717) is 16.1 Å². The van der Waals surface area contributed by atoms with E-state index < -0.39 is 36.6 Å². The van der Waals surface area contributed by atoms with Crippen LogP contribution in [0.25, 0.3) is 22.0 Å². The summed E-state index contributed by atoms with van der Waals surface area (Å²) in [6.07, 6.45) is 0.467. The molecule has 5 nitrogen and oxygen atoms in total. The Balaban J connectivity index is 1.90. The number of hydrogen-bond acceptors (Lipinski definition) is 4. The van der Waals surface area contributed by atoms with Crippen molar-refractivity contribution in [3.63, 3.8) is 0 Å². The molecule has 3 aromatic rings. The first-order valence-electron chi connectivity index (χ1n) is 8.93. The molecule has 1 unspecified atom stereocenters. The maximum atomic E-state index is 14.5. The molecule has 1 aliphatic heterocycles. The molecule has 10 heteroatoms. The van der Waals surface area contributed by atoms with Crippen LogP contribution in [0.5, 0.6) is 0 Å². The van der Waals surface area contributed by atoms with Gasteiger partial charge in [0.2, 0.25) is 0 Å². The van der Waals surface area contributed by atoms with Crippen LogP contribution in [0.3, 0.4) is 0 Å². The van der Waals surface area contributed by atoms with E-state index >= 15 is 0 Å². The first-order valence-corrected chi connectivity index (χ1v) is 9.69. The molecule has 1 atom stereocenters. The summed E-state index contributed by atoms with van der Waals surface area (Å²) in [6.45, 7) is -0.605. The summed E-state index contributed by atoms with van der Waals surface area (Å²) in [5, 5.41) is 10.2. The molecule has 0 saturated carbocycles. The van der Waals surface area contributed by atoms with Crippen LogP contribution in [-0.2, 0) is 4.79 Å². The molecule has 2 heterocycles. The van der Waals surface area contributed by atoms with Gasteiger partial charge in [0.1, 0.15) is 29.4 Å². The van der Waals surface area contributed by atoms with Crippen LogP contribution >= 0.6 is 23.2 Å². The fourth-order valence-corrected chi connectivity index (χ4v) is 3.92. The number of benzene rings is 2. The second kappa shape index (κ2) is 7.59. The summed E-state index contributed by atoms with van der Waals surface area (Å²) in [5.41, 5.74) is 1.11. The highest BCUT2D eigenvalue weighted by Gasteiger charge is 2.49. The van der Waals surface area contributed by atoms with Crippen molar-refractivity contribution >= 4 is 45.9 Å². The molecule has 0 aliphatic carbocycles. The lowest BCUT2D eigenvalue weighted by atomic mass is 9.93. The van der Waals surface area contributed by atoms with Crippen molar-refractivity contribution in [3.8, 4) is 11.1 Å². The molecular formula is C20H14Cl2F3N3O2. The number of fused-ring (bicyclic) bond motifs is 1. The predicted molar refractivity (Wildman–Crippen MR) is 108 cm³/mol. The van der Waals surface area contributed by atoms with E-state index in [2.05, 4.69) is 9.97 Å². The number of aromatic nitrogens is 2. The third kappa shape index (κ3) is 3.54. The van der Waals surface area contributed by atoms with Gasteiger partial charge in [0.05, 0.1) is 15.4 Å². The van der Waals surface area contributed by atoms with Gasteiger partial charge in [-0.1, -0.05) is 35.3 Å². The molecule has 1 N–H and O–H groups in total. The summed E-state index contributed by atoms with van der Waals surface area (Å²) in [7, 11) is 0. The third-order valence-electron chi connectivity index (χ3n) is 5.18. The molecule has 0 bridgehead atoms. The van der Waals surface area contributed by atoms with Gasteiger partial charge in [-0.25, -0.2) is 23.1 Å². The van der Waals surface area contributed by atoms with Gasteiger partial charge in [-0.05, 0) is 29.3 Å². The van der Waals surface area contributed by atoms with E-state index in [1.165, 1.54) is 17.0 Å². The van der Waals surface area contributed by atoms with E-state index in [-0.39, 0.29) is 28.3 Å². The second-order valence-corrected chi connectivity index (χ2v) is 7.81. The highest BCUT2D eigenvalue weighted by molar-refractivity contribution is 6.42. The SMILES string of the molecule is O=C(O)C1CN(c2ncnc3c(F)ccc(-c4ccc(Cl)c(Cl)c4)c23)CCC1(F)F. The summed E-state index contributed by atoms with van der Waals surface area (Å²) >= 11 is 12.1. The highest BCUT2D eigenvalue weighted by Crippen LogP contribution is 2.40. The molecule has 0 amide bonds. The number of carbonyl (C=O) groups is 1. The second-order valence-electron chi connectivity index (χ2n) is 6.99. The molecule has 4 rings (SSSR count). The van der Waals surface area contributed by atoms with Gasteiger partial charge in [0, 0.05) is 19.5 Å². The molecule has 0 spiro atoms. The molecular weight excluding hydrogens is 442 g/mol. The number of alkyl halides is 2. The van der Waals surface area contributed by atoms with Crippen molar-refractivity contribution in [1.82, 2.24) is 9.97 Å². The zero-order valence-corrected chi connectivity index (χ0v) is 16.8. The van der Waals surface area contributed by atoms with E-state index in [4.69, 9.17) is 23.2 Å². The van der Waals surface area contributed by atoms with Crippen LogP contribution in [0.4, 0.5) is 19.0 Å². The van der Waals surface area contributed by atoms with Gasteiger partial charge < -0.3 is 10.0 Å². The number of piperidine rings is 1. The Morgan fingerprint density at radius 1 is 1.17 bits per heavy atom. The van der Waals surface area contributed by atoms with E-state index in [1.54, 1.807) is 18.2 Å². The maximum Gasteiger partial charge on any atom is 0.314 e. The Kier molecular flexibility index (Phi) is 5.23. The van der Waals surface area contributed by atoms with E-state index in [9.17, 15) is 23.1 Å². The number of carboxylic acid groups (broad SMARTS) is 1. The molecule has 1 aromatic heterocycles. The Bertz CT molecular complexity index is 1160. The van der Waals surface area contributed by atoms with Gasteiger partial charge in [-0.3, -0.25) is 4.79 Å². The van der Waals surface area contributed by atoms with Gasteiger partial charge >= 0.3 is 5.97 Å². The van der Waals surface area contributed by atoms with Gasteiger partial charge in [-0.2, -0.15) is 0 Å². The van der Waals surface area contributed by atoms with Crippen LogP contribution in [0.2, 0.25) is 10.0 Å². The first-order chi connectivity index (χ1) is 14.2. The quantitative estimate of drug-likeness (QED) is 0.581. The lowest BCUT2D eigenvalue weighted by molar-refractivity contribution is -0.158. The maximum absolute atomic E-state index is 14.5. The highest BCUT2D eigenvalue weighted by atomic mass is 35.5. The minimum absolute atomic E-state index is 0.00668. The zero-order chi connectivity index (χ0) is 21.6. The van der Waals surface area contributed by atoms with Gasteiger partial charge in [0.15, 0.2) is 0 Å². The predicted octanol–water partition coefficient (Wildman–Crippen LogP) is 5.29. The van der Waals surface area contributed by atoms with Crippen molar-refractivity contribution in [2.75, 3.05) is 18.0 Å². The largest absolute Gasteiger partial charge is 0.481 e. The Morgan fingerprint density at radius 2 is 1.93 bits per heavy atom. The van der Waals surface area contributed by atoms with E-state index in [1.807, 2.05) is 0 Å². The van der Waals surface area contributed by atoms with Crippen molar-refractivity contribution in [2.45, 2.75) is 12.3 Å². The molecule has 156 valence electrons. The van der Waals surface area contributed by atoms with Crippen LogP contribution in [0, 0.1) is 11.7 Å². The van der Waals surface area contributed by atoms with Crippen molar-refractivity contribution < 1.29 is 23.1 Å². The Hall–Kier alpha value is -2.58. The molecule has 2 aromatic carbocycles. The fourth-order valence-electron chi connectivity index (χ4n) is 3.62. The fraction of sp³-hybridized carbons (Fsp3) is 0.250. The molecule has 1 fully saturated rings. The summed E-state index contributed by atoms with van der Waals surface area (Å²) in [4.78, 5) is 21.0. The number of hydrogen-bond donors (Lipinski definition) is 1. The monoisotopic (exact) mass is 455 g/mol. The minimum Gasteiger partial charge on any atom is -0.481 e. The normalized spacial score (nSPS) is 18.6.